The molecule has 0 aliphatic carbocycles. The van der Waals surface area contributed by atoms with Crippen LogP contribution >= 0.6 is 0 Å². The van der Waals surface area contributed by atoms with Gasteiger partial charge >= 0.3 is 0 Å². The van der Waals surface area contributed by atoms with E-state index < -0.39 is 0 Å². The molecule has 0 saturated heterocycles. The molecule has 7 rings (SSSR count). The highest BCUT2D eigenvalue weighted by molar-refractivity contribution is 6.13. The number of pyridine rings is 1. The topological polar surface area (TPSA) is 17.0 Å². The Morgan fingerprint density at radius 1 is 0.561 bits per heavy atom. The highest BCUT2D eigenvalue weighted by atomic mass is 19.1. The maximum absolute atomic E-state index is 15.5. The summed E-state index contributed by atoms with van der Waals surface area (Å²) in [4.78, 5) is 0. The first-order valence-corrected chi connectivity index (χ1v) is 13.9. The average molecular weight is 535 g/mol. The lowest BCUT2D eigenvalue weighted by molar-refractivity contribution is -0.660. The van der Waals surface area contributed by atoms with Crippen LogP contribution in [0.15, 0.2) is 126 Å². The third-order valence-corrected chi connectivity index (χ3v) is 8.06. The van der Waals surface area contributed by atoms with E-state index in [2.05, 4.69) is 86.3 Å². The Bertz CT molecular complexity index is 2060. The summed E-state index contributed by atoms with van der Waals surface area (Å²) in [5.41, 5.74) is 11.5. The number of furan rings is 1. The van der Waals surface area contributed by atoms with E-state index in [9.17, 15) is 0 Å². The molecule has 0 bridgehead atoms. The number of benzene rings is 5. The number of nitrogens with zero attached hydrogens (tertiary/aromatic N) is 1. The van der Waals surface area contributed by atoms with Gasteiger partial charge < -0.3 is 4.42 Å². The van der Waals surface area contributed by atoms with Gasteiger partial charge in [0.1, 0.15) is 24.0 Å². The van der Waals surface area contributed by atoms with Crippen molar-refractivity contribution in [2.45, 2.75) is 13.8 Å². The number of aryl methyl sites for hydroxylation is 3. The van der Waals surface area contributed by atoms with E-state index >= 15 is 4.39 Å². The molecule has 41 heavy (non-hydrogen) atoms. The van der Waals surface area contributed by atoms with E-state index in [0.29, 0.717) is 11.1 Å². The summed E-state index contributed by atoms with van der Waals surface area (Å²) in [6, 6.07) is 38.5. The molecule has 0 amide bonds. The second-order valence-electron chi connectivity index (χ2n) is 10.7. The van der Waals surface area contributed by atoms with Crippen molar-refractivity contribution < 1.29 is 13.4 Å². The Morgan fingerprint density at radius 2 is 1.12 bits per heavy atom. The number of hydrogen-bond donors (Lipinski definition) is 0. The first kappa shape index (κ1) is 25.0. The molecule has 0 aliphatic rings. The summed E-state index contributed by atoms with van der Waals surface area (Å²) in [7, 11) is 2.07. The van der Waals surface area contributed by atoms with Gasteiger partial charge in [-0.3, -0.25) is 0 Å². The summed E-state index contributed by atoms with van der Waals surface area (Å²) in [6.07, 6.45) is 2.16. The van der Waals surface area contributed by atoms with Crippen molar-refractivity contribution in [3.8, 4) is 44.6 Å². The predicted molar refractivity (Wildman–Crippen MR) is 166 cm³/mol. The second kappa shape index (κ2) is 9.87. The first-order valence-electron chi connectivity index (χ1n) is 13.9. The van der Waals surface area contributed by atoms with E-state index in [0.717, 1.165) is 49.9 Å². The molecule has 7 aromatic rings. The van der Waals surface area contributed by atoms with Crippen LogP contribution < -0.4 is 4.57 Å². The predicted octanol–water partition coefficient (Wildman–Crippen LogP) is 9.83. The maximum atomic E-state index is 15.5. The summed E-state index contributed by atoms with van der Waals surface area (Å²) in [5.74, 6) is -0.297. The summed E-state index contributed by atoms with van der Waals surface area (Å²) in [5, 5.41) is 1.88. The summed E-state index contributed by atoms with van der Waals surface area (Å²) < 4.78 is 24.4. The Balaban J connectivity index is 1.44. The van der Waals surface area contributed by atoms with Crippen molar-refractivity contribution in [1.29, 1.82) is 0 Å². The molecule has 2 heterocycles. The Hall–Kier alpha value is -5.02. The zero-order chi connectivity index (χ0) is 28.1. The van der Waals surface area contributed by atoms with Crippen molar-refractivity contribution >= 4 is 21.9 Å². The number of rotatable bonds is 4. The molecular weight excluding hydrogens is 505 g/mol. The zero-order valence-electron chi connectivity index (χ0n) is 23.3. The van der Waals surface area contributed by atoms with Gasteiger partial charge in [-0.05, 0) is 59.4 Å². The van der Waals surface area contributed by atoms with Gasteiger partial charge in [-0.15, -0.1) is 0 Å². The second-order valence-corrected chi connectivity index (χ2v) is 10.7. The quantitative estimate of drug-likeness (QED) is 0.205. The van der Waals surface area contributed by atoms with Crippen LogP contribution in [0.5, 0.6) is 0 Å². The molecule has 0 atom stereocenters. The normalized spacial score (nSPS) is 11.4. The van der Waals surface area contributed by atoms with Gasteiger partial charge in [0.15, 0.2) is 6.20 Å². The largest absolute Gasteiger partial charge is 0.454 e. The number of aromatic nitrogens is 1. The Morgan fingerprint density at radius 3 is 1.80 bits per heavy atom. The standard InChI is InChI=1S/C38H29FNO/c1-24-14-19-30-31-20-21-33(39)36(29-17-15-27(16-18-29)26-10-6-4-7-11-26)38(31)41-37(30)35(24)34-22-32(25(2)23-40(34)3)28-12-8-5-9-13-28/h4-23H,1-3H3/q+1. The molecule has 0 N–H and O–H groups in total. The fourth-order valence-corrected chi connectivity index (χ4v) is 5.98. The zero-order valence-corrected chi connectivity index (χ0v) is 23.3. The molecule has 0 radical (unpaired) electrons. The van der Waals surface area contributed by atoms with Crippen LogP contribution in [0.2, 0.25) is 0 Å². The van der Waals surface area contributed by atoms with Crippen LogP contribution in [0.4, 0.5) is 4.39 Å². The lowest BCUT2D eigenvalue weighted by atomic mass is 9.95. The minimum absolute atomic E-state index is 0.297. The fraction of sp³-hybridized carbons (Fsp3) is 0.0789. The number of fused-ring (bicyclic) bond motifs is 3. The third kappa shape index (κ3) is 4.22. The van der Waals surface area contributed by atoms with Crippen LogP contribution in [-0.4, -0.2) is 0 Å². The van der Waals surface area contributed by atoms with E-state index in [1.807, 2.05) is 54.6 Å². The Labute approximate surface area is 239 Å². The van der Waals surface area contributed by atoms with Crippen LogP contribution in [0.1, 0.15) is 11.1 Å². The smallest absolute Gasteiger partial charge is 0.216 e. The van der Waals surface area contributed by atoms with Gasteiger partial charge in [-0.2, -0.15) is 0 Å². The van der Waals surface area contributed by atoms with E-state index in [1.165, 1.54) is 16.7 Å². The molecule has 0 unspecified atom stereocenters. The van der Waals surface area contributed by atoms with E-state index in [-0.39, 0.29) is 5.82 Å². The minimum atomic E-state index is -0.297. The monoisotopic (exact) mass is 534 g/mol. The van der Waals surface area contributed by atoms with Gasteiger partial charge in [0.05, 0.1) is 11.1 Å². The molecule has 2 aromatic heterocycles. The van der Waals surface area contributed by atoms with Gasteiger partial charge in [0.2, 0.25) is 5.69 Å². The lowest BCUT2D eigenvalue weighted by Gasteiger charge is -2.10. The molecule has 0 fully saturated rings. The van der Waals surface area contributed by atoms with Crippen LogP contribution in [0.3, 0.4) is 0 Å². The van der Waals surface area contributed by atoms with Gasteiger partial charge in [0, 0.05) is 22.4 Å². The molecule has 198 valence electrons. The third-order valence-electron chi connectivity index (χ3n) is 8.06. The highest BCUT2D eigenvalue weighted by Gasteiger charge is 2.24. The van der Waals surface area contributed by atoms with Crippen molar-refractivity contribution in [3.63, 3.8) is 0 Å². The van der Waals surface area contributed by atoms with Crippen LogP contribution in [-0.2, 0) is 7.05 Å². The van der Waals surface area contributed by atoms with Crippen LogP contribution in [0, 0.1) is 19.7 Å². The number of hydrogen-bond acceptors (Lipinski definition) is 1. The van der Waals surface area contributed by atoms with Crippen molar-refractivity contribution in [2.75, 3.05) is 0 Å². The van der Waals surface area contributed by atoms with Crippen molar-refractivity contribution in [3.05, 3.63) is 138 Å². The summed E-state index contributed by atoms with van der Waals surface area (Å²) in [6.45, 7) is 4.24. The maximum Gasteiger partial charge on any atom is 0.216 e. The molecule has 0 spiro atoms. The molecule has 5 aromatic carbocycles. The van der Waals surface area contributed by atoms with Gasteiger partial charge in [0.25, 0.3) is 0 Å². The highest BCUT2D eigenvalue weighted by Crippen LogP contribution is 2.42. The SMILES string of the molecule is Cc1c[n+](C)c(-c2c(C)ccc3c2oc2c(-c4ccc(-c5ccccc5)cc4)c(F)ccc23)cc1-c1ccccc1. The Kier molecular flexibility index (Phi) is 6.01. The van der Waals surface area contributed by atoms with Crippen LogP contribution in [0.25, 0.3) is 66.6 Å². The van der Waals surface area contributed by atoms with Crippen molar-refractivity contribution in [1.82, 2.24) is 0 Å². The average Bonchev–Trinajstić information content (AvgIpc) is 3.37. The minimum Gasteiger partial charge on any atom is -0.454 e. The molecular formula is C38H29FNO+. The van der Waals surface area contributed by atoms with E-state index in [4.69, 9.17) is 4.42 Å². The summed E-state index contributed by atoms with van der Waals surface area (Å²) >= 11 is 0. The number of halogens is 1. The molecule has 3 heteroatoms. The first-order chi connectivity index (χ1) is 20.0. The molecule has 0 aliphatic heterocycles. The molecule has 0 saturated carbocycles. The van der Waals surface area contributed by atoms with Crippen molar-refractivity contribution in [2.24, 2.45) is 7.05 Å². The van der Waals surface area contributed by atoms with Gasteiger partial charge in [-0.25, -0.2) is 8.96 Å². The lowest BCUT2D eigenvalue weighted by Crippen LogP contribution is -2.31. The molecule has 2 nitrogen and oxygen atoms in total. The fourth-order valence-electron chi connectivity index (χ4n) is 5.98. The van der Waals surface area contributed by atoms with E-state index in [1.54, 1.807) is 6.07 Å². The van der Waals surface area contributed by atoms with Gasteiger partial charge in [-0.1, -0.05) is 97.1 Å².